The topological polar surface area (TPSA) is 114 Å². The number of anilines is 2. The first-order valence-corrected chi connectivity index (χ1v) is 10.4. The van der Waals surface area contributed by atoms with Crippen molar-refractivity contribution < 1.29 is 19.2 Å². The highest BCUT2D eigenvalue weighted by atomic mass is 32.2. The first-order valence-electron chi connectivity index (χ1n) is 9.46. The molecule has 9 heteroatoms. The summed E-state index contributed by atoms with van der Waals surface area (Å²) in [6.45, 7) is -0.304. The van der Waals surface area contributed by atoms with Crippen molar-refractivity contribution in [3.8, 4) is 0 Å². The zero-order valence-electron chi connectivity index (χ0n) is 16.0. The largest absolute Gasteiger partial charge is 0.385 e. The number of hydrogen-bond donors (Lipinski definition) is 2. The molecule has 1 saturated heterocycles. The van der Waals surface area contributed by atoms with E-state index in [1.54, 1.807) is 6.07 Å². The molecule has 2 aromatic rings. The molecule has 1 atom stereocenters. The van der Waals surface area contributed by atoms with E-state index >= 15 is 0 Å². The Kier molecular flexibility index (Phi) is 5.71. The summed E-state index contributed by atoms with van der Waals surface area (Å²) in [7, 11) is 0. The lowest BCUT2D eigenvalue weighted by molar-refractivity contribution is -0.128. The average molecular weight is 424 g/mol. The van der Waals surface area contributed by atoms with Gasteiger partial charge < -0.3 is 15.9 Å². The Hall–Kier alpha value is -3.33. The molecule has 1 unspecified atom stereocenters. The SMILES string of the molecule is NC(=O)N1c2ccccc2C/C(=N/OCC(=O)NC2CCSC2=O)c2ccccc21. The summed E-state index contributed by atoms with van der Waals surface area (Å²) in [6, 6.07) is 13.6. The molecule has 30 heavy (non-hydrogen) atoms. The van der Waals surface area contributed by atoms with Crippen LogP contribution in [0, 0.1) is 0 Å². The maximum atomic E-state index is 12.2. The maximum Gasteiger partial charge on any atom is 0.323 e. The second-order valence-corrected chi connectivity index (χ2v) is 7.98. The lowest BCUT2D eigenvalue weighted by atomic mass is 10.0. The molecule has 0 radical (unpaired) electrons. The van der Waals surface area contributed by atoms with Crippen LogP contribution in [0.1, 0.15) is 17.5 Å². The minimum atomic E-state index is -0.601. The van der Waals surface area contributed by atoms with Crippen LogP contribution in [0.25, 0.3) is 0 Å². The van der Waals surface area contributed by atoms with Gasteiger partial charge in [-0.1, -0.05) is 53.3 Å². The fourth-order valence-electron chi connectivity index (χ4n) is 3.55. The minimum absolute atomic E-state index is 0.0319. The van der Waals surface area contributed by atoms with Crippen LogP contribution in [-0.4, -0.2) is 41.2 Å². The zero-order valence-corrected chi connectivity index (χ0v) is 16.9. The highest BCUT2D eigenvalue weighted by Crippen LogP contribution is 2.36. The second-order valence-electron chi connectivity index (χ2n) is 6.88. The lowest BCUT2D eigenvalue weighted by Gasteiger charge is -2.22. The Morgan fingerprint density at radius 1 is 1.17 bits per heavy atom. The van der Waals surface area contributed by atoms with Gasteiger partial charge in [0.1, 0.15) is 0 Å². The summed E-state index contributed by atoms with van der Waals surface area (Å²) < 4.78 is 0. The van der Waals surface area contributed by atoms with Crippen LogP contribution in [0.2, 0.25) is 0 Å². The van der Waals surface area contributed by atoms with Gasteiger partial charge in [-0.15, -0.1) is 0 Å². The summed E-state index contributed by atoms with van der Waals surface area (Å²) in [5, 5.41) is 6.83. The molecular formula is C21H20N4O4S. The monoisotopic (exact) mass is 424 g/mol. The predicted octanol–water partition coefficient (Wildman–Crippen LogP) is 2.33. The van der Waals surface area contributed by atoms with E-state index in [9.17, 15) is 14.4 Å². The second kappa shape index (κ2) is 8.58. The van der Waals surface area contributed by atoms with Gasteiger partial charge in [0.25, 0.3) is 5.91 Å². The standard InChI is InChI=1S/C21H20N4O4S/c22-21(28)25-17-7-3-1-5-13(17)11-16(14-6-2-4-8-18(14)25)24-29-12-19(26)23-15-9-10-30-20(15)27/h1-8,15H,9-12H2,(H2,22,28)(H,23,26)/b24-16-. The van der Waals surface area contributed by atoms with Gasteiger partial charge in [0.15, 0.2) is 6.61 Å². The molecule has 0 saturated carbocycles. The number of benzene rings is 2. The summed E-state index contributed by atoms with van der Waals surface area (Å²) in [5.41, 5.74) is 9.06. The van der Waals surface area contributed by atoms with E-state index in [1.165, 1.54) is 16.7 Å². The molecule has 2 aliphatic rings. The number of nitrogens with zero attached hydrogens (tertiary/aromatic N) is 2. The molecule has 154 valence electrons. The van der Waals surface area contributed by atoms with Crippen molar-refractivity contribution in [2.75, 3.05) is 17.3 Å². The van der Waals surface area contributed by atoms with E-state index in [1.807, 2.05) is 42.5 Å². The molecular weight excluding hydrogens is 404 g/mol. The summed E-state index contributed by atoms with van der Waals surface area (Å²) >= 11 is 1.22. The number of nitrogens with one attached hydrogen (secondary N) is 1. The zero-order chi connectivity index (χ0) is 21.1. The first kappa shape index (κ1) is 20.0. The number of carbonyl (C=O) groups excluding carboxylic acids is 3. The summed E-state index contributed by atoms with van der Waals surface area (Å²) in [6.07, 6.45) is 1.02. The number of para-hydroxylation sites is 2. The molecule has 3 amide bonds. The maximum absolute atomic E-state index is 12.2. The Morgan fingerprint density at radius 2 is 1.90 bits per heavy atom. The van der Waals surface area contributed by atoms with Crippen LogP contribution >= 0.6 is 11.8 Å². The fraction of sp³-hybridized carbons (Fsp3) is 0.238. The van der Waals surface area contributed by atoms with Crippen LogP contribution in [0.5, 0.6) is 0 Å². The molecule has 2 heterocycles. The van der Waals surface area contributed by atoms with Gasteiger partial charge in [-0.3, -0.25) is 14.5 Å². The summed E-state index contributed by atoms with van der Waals surface area (Å²) in [4.78, 5) is 42.8. The van der Waals surface area contributed by atoms with E-state index < -0.39 is 18.0 Å². The molecule has 0 spiro atoms. The first-order chi connectivity index (χ1) is 14.5. The number of nitrogens with two attached hydrogens (primary N) is 1. The number of fused-ring (bicyclic) bond motifs is 2. The van der Waals surface area contributed by atoms with Gasteiger partial charge in [-0.25, -0.2) is 4.79 Å². The van der Waals surface area contributed by atoms with E-state index in [0.717, 1.165) is 5.56 Å². The molecule has 8 nitrogen and oxygen atoms in total. The molecule has 2 aliphatic heterocycles. The van der Waals surface area contributed by atoms with E-state index in [-0.39, 0.29) is 11.7 Å². The van der Waals surface area contributed by atoms with Gasteiger partial charge in [-0.05, 0) is 24.1 Å². The van der Waals surface area contributed by atoms with Crippen LogP contribution < -0.4 is 16.0 Å². The Morgan fingerprint density at radius 3 is 2.63 bits per heavy atom. The Bertz CT molecular complexity index is 1040. The highest BCUT2D eigenvalue weighted by molar-refractivity contribution is 8.14. The molecule has 0 aromatic heterocycles. The van der Waals surface area contributed by atoms with E-state index in [4.69, 9.17) is 10.6 Å². The molecule has 4 rings (SSSR count). The Labute approximate surface area is 177 Å². The van der Waals surface area contributed by atoms with Crippen LogP contribution in [0.4, 0.5) is 16.2 Å². The van der Waals surface area contributed by atoms with E-state index in [0.29, 0.717) is 41.2 Å². The van der Waals surface area contributed by atoms with Gasteiger partial charge in [0.2, 0.25) is 5.12 Å². The number of rotatable bonds is 4. The average Bonchev–Trinajstić information content (AvgIpc) is 3.06. The van der Waals surface area contributed by atoms with Crippen molar-refractivity contribution in [1.82, 2.24) is 5.32 Å². The third-order valence-corrected chi connectivity index (χ3v) is 5.92. The van der Waals surface area contributed by atoms with Gasteiger partial charge >= 0.3 is 6.03 Å². The number of oxime groups is 1. The molecule has 0 aliphatic carbocycles. The lowest BCUT2D eigenvalue weighted by Crippen LogP contribution is -2.39. The summed E-state index contributed by atoms with van der Waals surface area (Å²) in [5.74, 6) is 0.306. The minimum Gasteiger partial charge on any atom is -0.385 e. The Balaban J connectivity index is 1.58. The van der Waals surface area contributed by atoms with Crippen molar-refractivity contribution in [2.24, 2.45) is 10.9 Å². The molecule has 1 fully saturated rings. The normalized spacial score (nSPS) is 19.1. The van der Waals surface area contributed by atoms with Gasteiger partial charge in [0.05, 0.1) is 23.1 Å². The number of primary amides is 1. The molecule has 0 bridgehead atoms. The van der Waals surface area contributed by atoms with Crippen LogP contribution in [-0.2, 0) is 20.8 Å². The van der Waals surface area contributed by atoms with Crippen LogP contribution in [0.3, 0.4) is 0 Å². The van der Waals surface area contributed by atoms with Crippen molar-refractivity contribution in [3.05, 3.63) is 59.7 Å². The third kappa shape index (κ3) is 4.02. The van der Waals surface area contributed by atoms with Crippen molar-refractivity contribution in [2.45, 2.75) is 18.9 Å². The fourth-order valence-corrected chi connectivity index (χ4v) is 4.48. The van der Waals surface area contributed by atoms with Crippen molar-refractivity contribution >= 4 is 45.9 Å². The molecule has 2 aromatic carbocycles. The van der Waals surface area contributed by atoms with Crippen molar-refractivity contribution in [3.63, 3.8) is 0 Å². The van der Waals surface area contributed by atoms with E-state index in [2.05, 4.69) is 10.5 Å². The van der Waals surface area contributed by atoms with Gasteiger partial charge in [-0.2, -0.15) is 0 Å². The number of urea groups is 1. The highest BCUT2D eigenvalue weighted by Gasteiger charge is 2.28. The quantitative estimate of drug-likeness (QED) is 0.731. The number of amides is 3. The smallest absolute Gasteiger partial charge is 0.323 e. The van der Waals surface area contributed by atoms with Crippen molar-refractivity contribution in [1.29, 1.82) is 0 Å². The number of carbonyl (C=O) groups is 3. The molecule has 3 N–H and O–H groups in total. The predicted molar refractivity (Wildman–Crippen MR) is 115 cm³/mol. The third-order valence-electron chi connectivity index (χ3n) is 4.91. The number of hydrogen-bond acceptors (Lipinski definition) is 6. The number of thioether (sulfide) groups is 1. The van der Waals surface area contributed by atoms with Crippen LogP contribution in [0.15, 0.2) is 53.7 Å². The van der Waals surface area contributed by atoms with Gasteiger partial charge in [0, 0.05) is 17.7 Å².